The maximum Gasteiger partial charge on any atom is 0.243 e. The van der Waals surface area contributed by atoms with Crippen molar-refractivity contribution < 1.29 is 18.0 Å². The maximum absolute atomic E-state index is 13.9. The van der Waals surface area contributed by atoms with E-state index in [2.05, 4.69) is 5.32 Å². The van der Waals surface area contributed by atoms with Crippen LogP contribution in [0.5, 0.6) is 0 Å². The van der Waals surface area contributed by atoms with Gasteiger partial charge < -0.3 is 10.2 Å². The number of amides is 2. The molecule has 0 fully saturated rings. The molecule has 41 heavy (non-hydrogen) atoms. The highest BCUT2D eigenvalue weighted by molar-refractivity contribution is 7.92. The lowest BCUT2D eigenvalue weighted by atomic mass is 9.99. The fourth-order valence-corrected chi connectivity index (χ4v) is 5.68. The summed E-state index contributed by atoms with van der Waals surface area (Å²) in [6, 6.07) is 23.2. The normalized spacial score (nSPS) is 12.4. The summed E-state index contributed by atoms with van der Waals surface area (Å²) < 4.78 is 26.4. The van der Waals surface area contributed by atoms with Crippen LogP contribution >= 0.6 is 11.6 Å². The molecule has 0 heterocycles. The van der Waals surface area contributed by atoms with Crippen LogP contribution < -0.4 is 9.62 Å². The van der Waals surface area contributed by atoms with Crippen molar-refractivity contribution in [2.24, 2.45) is 0 Å². The van der Waals surface area contributed by atoms with Crippen LogP contribution in [0.25, 0.3) is 0 Å². The standard InChI is InChI=1S/C32H40ClN3O4S/c1-24-12-9-10-15-26(24)23-35(29(31(38)34-32(2,3)4)22-25-13-7-6-8-14-25)30(37)16-11-21-36(41(5,39)40)28-19-17-27(33)18-20-28/h6-10,12-15,17-20,29H,11,16,21-23H2,1-5H3,(H,34,38)/t29-/m1/s1. The van der Waals surface area contributed by atoms with E-state index < -0.39 is 21.6 Å². The number of carbonyl (C=O) groups excluding carboxylic acids is 2. The Labute approximate surface area is 249 Å². The number of nitrogens with zero attached hydrogens (tertiary/aromatic N) is 2. The van der Waals surface area contributed by atoms with Crippen LogP contribution in [0.3, 0.4) is 0 Å². The van der Waals surface area contributed by atoms with Gasteiger partial charge in [0.1, 0.15) is 6.04 Å². The Morgan fingerprint density at radius 1 is 0.927 bits per heavy atom. The van der Waals surface area contributed by atoms with Gasteiger partial charge in [0, 0.05) is 36.5 Å². The number of sulfonamides is 1. The minimum atomic E-state index is -3.59. The molecule has 0 aromatic heterocycles. The third-order valence-corrected chi connectivity index (χ3v) is 8.08. The van der Waals surface area contributed by atoms with Gasteiger partial charge in [0.05, 0.1) is 11.9 Å². The zero-order chi connectivity index (χ0) is 30.2. The summed E-state index contributed by atoms with van der Waals surface area (Å²) in [5, 5.41) is 3.57. The molecule has 220 valence electrons. The first-order valence-corrected chi connectivity index (χ1v) is 15.9. The zero-order valence-corrected chi connectivity index (χ0v) is 26.0. The predicted octanol–water partition coefficient (Wildman–Crippen LogP) is 5.75. The molecule has 0 saturated heterocycles. The van der Waals surface area contributed by atoms with Gasteiger partial charge in [-0.3, -0.25) is 13.9 Å². The molecule has 0 aliphatic carbocycles. The summed E-state index contributed by atoms with van der Waals surface area (Å²) in [5.41, 5.74) is 2.90. The molecule has 0 bridgehead atoms. The second-order valence-corrected chi connectivity index (χ2v) is 13.7. The van der Waals surface area contributed by atoms with Crippen molar-refractivity contribution in [2.75, 3.05) is 17.1 Å². The van der Waals surface area contributed by atoms with E-state index in [-0.39, 0.29) is 37.7 Å². The van der Waals surface area contributed by atoms with Gasteiger partial charge in [0.25, 0.3) is 0 Å². The fraction of sp³-hybridized carbons (Fsp3) is 0.375. The average Bonchev–Trinajstić information content (AvgIpc) is 2.89. The summed E-state index contributed by atoms with van der Waals surface area (Å²) in [4.78, 5) is 29.3. The number of anilines is 1. The first kappa shape index (κ1) is 32.2. The lowest BCUT2D eigenvalue weighted by Crippen LogP contribution is -2.54. The Hall–Kier alpha value is -3.36. The van der Waals surface area contributed by atoms with E-state index in [1.807, 2.05) is 82.3 Å². The average molecular weight is 598 g/mol. The molecule has 3 aromatic carbocycles. The number of hydrogen-bond donors (Lipinski definition) is 1. The molecule has 1 N–H and O–H groups in total. The molecule has 0 radical (unpaired) electrons. The van der Waals surface area contributed by atoms with Crippen LogP contribution in [0.2, 0.25) is 5.02 Å². The Morgan fingerprint density at radius 2 is 1.54 bits per heavy atom. The van der Waals surface area contributed by atoms with Crippen molar-refractivity contribution in [3.63, 3.8) is 0 Å². The second kappa shape index (κ2) is 14.0. The van der Waals surface area contributed by atoms with E-state index in [4.69, 9.17) is 11.6 Å². The first-order chi connectivity index (χ1) is 19.2. The third-order valence-electron chi connectivity index (χ3n) is 6.64. The Bertz CT molecular complexity index is 1420. The van der Waals surface area contributed by atoms with Crippen molar-refractivity contribution in [3.8, 4) is 0 Å². The molecule has 0 saturated carbocycles. The number of nitrogens with one attached hydrogen (secondary N) is 1. The van der Waals surface area contributed by atoms with E-state index in [0.29, 0.717) is 17.1 Å². The van der Waals surface area contributed by atoms with Gasteiger partial charge in [-0.1, -0.05) is 66.2 Å². The highest BCUT2D eigenvalue weighted by Gasteiger charge is 2.32. The smallest absolute Gasteiger partial charge is 0.243 e. The molecule has 2 amide bonds. The summed E-state index contributed by atoms with van der Waals surface area (Å²) in [6.07, 6.45) is 1.83. The van der Waals surface area contributed by atoms with Crippen LogP contribution in [0.15, 0.2) is 78.9 Å². The summed E-state index contributed by atoms with van der Waals surface area (Å²) in [7, 11) is -3.59. The zero-order valence-electron chi connectivity index (χ0n) is 24.4. The molecule has 0 aliphatic heterocycles. The predicted molar refractivity (Wildman–Crippen MR) is 166 cm³/mol. The number of rotatable bonds is 12. The van der Waals surface area contributed by atoms with Crippen LogP contribution in [-0.2, 0) is 32.6 Å². The molecule has 9 heteroatoms. The second-order valence-electron chi connectivity index (χ2n) is 11.3. The van der Waals surface area contributed by atoms with Crippen molar-refractivity contribution in [3.05, 3.63) is 101 Å². The Morgan fingerprint density at radius 3 is 2.12 bits per heavy atom. The summed E-state index contributed by atoms with van der Waals surface area (Å²) in [5.74, 6) is -0.454. The fourth-order valence-electron chi connectivity index (χ4n) is 4.59. The van der Waals surface area contributed by atoms with Crippen molar-refractivity contribution in [1.82, 2.24) is 10.2 Å². The number of hydrogen-bond acceptors (Lipinski definition) is 4. The van der Waals surface area contributed by atoms with Gasteiger partial charge in [-0.05, 0) is 75.1 Å². The van der Waals surface area contributed by atoms with Crippen LogP contribution in [0.1, 0.15) is 50.3 Å². The lowest BCUT2D eigenvalue weighted by molar-refractivity contribution is -0.142. The minimum absolute atomic E-state index is 0.0690. The molecular weight excluding hydrogens is 558 g/mol. The highest BCUT2D eigenvalue weighted by atomic mass is 35.5. The van der Waals surface area contributed by atoms with E-state index in [0.717, 1.165) is 22.9 Å². The quantitative estimate of drug-likeness (QED) is 0.288. The SMILES string of the molecule is Cc1ccccc1CN(C(=O)CCCN(c1ccc(Cl)cc1)S(C)(=O)=O)[C@H](Cc1ccccc1)C(=O)NC(C)(C)C. The van der Waals surface area contributed by atoms with E-state index in [9.17, 15) is 18.0 Å². The molecule has 0 spiro atoms. The summed E-state index contributed by atoms with van der Waals surface area (Å²) >= 11 is 5.99. The number of halogens is 1. The molecule has 3 aromatic rings. The largest absolute Gasteiger partial charge is 0.350 e. The van der Waals surface area contributed by atoms with Gasteiger partial charge in [-0.2, -0.15) is 0 Å². The highest BCUT2D eigenvalue weighted by Crippen LogP contribution is 2.23. The van der Waals surface area contributed by atoms with Crippen molar-refractivity contribution >= 4 is 39.1 Å². The van der Waals surface area contributed by atoms with Gasteiger partial charge in [-0.15, -0.1) is 0 Å². The molecule has 1 atom stereocenters. The van der Waals surface area contributed by atoms with E-state index >= 15 is 0 Å². The lowest BCUT2D eigenvalue weighted by Gasteiger charge is -2.34. The number of benzene rings is 3. The molecule has 3 rings (SSSR count). The number of aryl methyl sites for hydroxylation is 1. The van der Waals surface area contributed by atoms with Crippen molar-refractivity contribution in [2.45, 2.75) is 65.1 Å². The van der Waals surface area contributed by atoms with Gasteiger partial charge in [0.2, 0.25) is 21.8 Å². The number of carbonyl (C=O) groups is 2. The van der Waals surface area contributed by atoms with Crippen LogP contribution in [0.4, 0.5) is 5.69 Å². The maximum atomic E-state index is 13.9. The monoisotopic (exact) mass is 597 g/mol. The molecule has 7 nitrogen and oxygen atoms in total. The topological polar surface area (TPSA) is 86.8 Å². The van der Waals surface area contributed by atoms with Crippen LogP contribution in [-0.4, -0.2) is 49.5 Å². The molecule has 0 aliphatic rings. The Kier molecular flexibility index (Phi) is 11.0. The molecular formula is C32H40ClN3O4S. The third kappa shape index (κ3) is 9.90. The first-order valence-electron chi connectivity index (χ1n) is 13.7. The van der Waals surface area contributed by atoms with Gasteiger partial charge >= 0.3 is 0 Å². The van der Waals surface area contributed by atoms with Gasteiger partial charge in [-0.25, -0.2) is 8.42 Å². The van der Waals surface area contributed by atoms with E-state index in [1.54, 1.807) is 29.2 Å². The van der Waals surface area contributed by atoms with Crippen LogP contribution in [0, 0.1) is 6.92 Å². The minimum Gasteiger partial charge on any atom is -0.350 e. The van der Waals surface area contributed by atoms with Crippen molar-refractivity contribution in [1.29, 1.82) is 0 Å². The van der Waals surface area contributed by atoms with E-state index in [1.165, 1.54) is 4.31 Å². The molecule has 0 unspecified atom stereocenters. The summed E-state index contributed by atoms with van der Waals surface area (Å²) in [6.45, 7) is 8.09. The Balaban J connectivity index is 1.91. The van der Waals surface area contributed by atoms with Gasteiger partial charge in [0.15, 0.2) is 0 Å².